The highest BCUT2D eigenvalue weighted by molar-refractivity contribution is 8.13. The highest BCUT2D eigenvalue weighted by atomic mass is 35.7. The van der Waals surface area contributed by atoms with E-state index in [9.17, 15) is 13.2 Å². The summed E-state index contributed by atoms with van der Waals surface area (Å²) < 4.78 is 22.9. The van der Waals surface area contributed by atoms with E-state index in [-0.39, 0.29) is 10.8 Å². The van der Waals surface area contributed by atoms with Crippen molar-refractivity contribution in [3.05, 3.63) is 28.8 Å². The summed E-state index contributed by atoms with van der Waals surface area (Å²) in [6.45, 7) is 5.82. The number of carbonyl (C=O) groups excluding carboxylic acids is 1. The van der Waals surface area contributed by atoms with Crippen molar-refractivity contribution in [3.63, 3.8) is 0 Å². The molecule has 1 aromatic rings. The molecule has 0 aliphatic carbocycles. The van der Waals surface area contributed by atoms with Crippen molar-refractivity contribution in [2.24, 2.45) is 0 Å². The highest BCUT2D eigenvalue weighted by Crippen LogP contribution is 2.24. The second-order valence-corrected chi connectivity index (χ2v) is 6.71. The number of hydrogen-bond donors (Lipinski definition) is 0. The summed E-state index contributed by atoms with van der Waals surface area (Å²) in [7, 11) is 3.19. The van der Waals surface area contributed by atoms with Crippen molar-refractivity contribution in [1.29, 1.82) is 0 Å². The minimum atomic E-state index is -3.84. The van der Waals surface area contributed by atoms with Crippen LogP contribution in [-0.4, -0.2) is 32.8 Å². The van der Waals surface area contributed by atoms with E-state index in [1.54, 1.807) is 27.0 Å². The quantitative estimate of drug-likeness (QED) is 0.803. The third kappa shape index (κ3) is 3.03. The number of nitrogens with zero attached hydrogens (tertiary/aromatic N) is 1. The van der Waals surface area contributed by atoms with E-state index in [0.29, 0.717) is 17.7 Å². The smallest absolute Gasteiger partial charge is 0.261 e. The molecule has 18 heavy (non-hydrogen) atoms. The summed E-state index contributed by atoms with van der Waals surface area (Å²) in [5, 5.41) is 0. The molecule has 0 aliphatic heterocycles. The van der Waals surface area contributed by atoms with E-state index in [1.807, 2.05) is 6.92 Å². The van der Waals surface area contributed by atoms with Crippen LogP contribution >= 0.6 is 10.7 Å². The molecule has 0 unspecified atom stereocenters. The number of hydrogen-bond acceptors (Lipinski definition) is 3. The van der Waals surface area contributed by atoms with Crippen LogP contribution in [0.25, 0.3) is 0 Å². The van der Waals surface area contributed by atoms with Crippen molar-refractivity contribution in [2.45, 2.75) is 25.7 Å². The van der Waals surface area contributed by atoms with Gasteiger partial charge in [0.15, 0.2) is 0 Å². The minimum absolute atomic E-state index is 0.00276. The first-order valence-corrected chi connectivity index (χ1v) is 7.80. The van der Waals surface area contributed by atoms with Crippen LogP contribution in [0.4, 0.5) is 0 Å². The molecule has 0 saturated heterocycles. The molecule has 0 saturated carbocycles. The Balaban J connectivity index is 3.43. The Hall–Kier alpha value is -1.07. The van der Waals surface area contributed by atoms with E-state index < -0.39 is 9.05 Å². The largest absolute Gasteiger partial charge is 0.342 e. The normalized spacial score (nSPS) is 11.4. The van der Waals surface area contributed by atoms with E-state index in [1.165, 1.54) is 11.0 Å². The molecule has 0 aliphatic rings. The van der Waals surface area contributed by atoms with Gasteiger partial charge in [-0.05, 0) is 44.0 Å². The summed E-state index contributed by atoms with van der Waals surface area (Å²) in [5.74, 6) is -0.220. The van der Waals surface area contributed by atoms with E-state index in [2.05, 4.69) is 0 Å². The zero-order chi connectivity index (χ0) is 14.1. The zero-order valence-electron chi connectivity index (χ0n) is 10.8. The maximum atomic E-state index is 12.0. The molecule has 1 aromatic carbocycles. The molecule has 6 heteroatoms. The van der Waals surface area contributed by atoms with E-state index in [0.717, 1.165) is 5.56 Å². The van der Waals surface area contributed by atoms with Crippen LogP contribution in [0, 0.1) is 13.8 Å². The molecule has 1 rings (SSSR count). The molecule has 0 fully saturated rings. The molecule has 0 spiro atoms. The number of halogens is 1. The Morgan fingerprint density at radius 1 is 1.33 bits per heavy atom. The van der Waals surface area contributed by atoms with Gasteiger partial charge in [-0.25, -0.2) is 8.42 Å². The Labute approximate surface area is 112 Å². The lowest BCUT2D eigenvalue weighted by atomic mass is 10.1. The molecule has 0 N–H and O–H groups in total. The van der Waals surface area contributed by atoms with Gasteiger partial charge in [-0.3, -0.25) is 4.79 Å². The minimum Gasteiger partial charge on any atom is -0.342 e. The van der Waals surface area contributed by atoms with E-state index >= 15 is 0 Å². The van der Waals surface area contributed by atoms with Gasteiger partial charge < -0.3 is 4.90 Å². The fourth-order valence-electron chi connectivity index (χ4n) is 1.57. The number of amides is 1. The predicted molar refractivity (Wildman–Crippen MR) is 71.6 cm³/mol. The first kappa shape index (κ1) is 15.0. The van der Waals surface area contributed by atoms with Crippen LogP contribution in [-0.2, 0) is 9.05 Å². The van der Waals surface area contributed by atoms with Crippen molar-refractivity contribution in [2.75, 3.05) is 13.6 Å². The second-order valence-electron chi connectivity index (χ2n) is 4.17. The Morgan fingerprint density at radius 2 is 1.89 bits per heavy atom. The van der Waals surface area contributed by atoms with Gasteiger partial charge in [0.1, 0.15) is 0 Å². The van der Waals surface area contributed by atoms with Crippen LogP contribution in [0.5, 0.6) is 0 Å². The van der Waals surface area contributed by atoms with Gasteiger partial charge in [0, 0.05) is 29.8 Å². The van der Waals surface area contributed by atoms with Gasteiger partial charge in [0.05, 0.1) is 4.90 Å². The molecular formula is C12H16ClNO3S. The molecule has 0 bridgehead atoms. The number of aryl methyl sites for hydroxylation is 1. The lowest BCUT2D eigenvalue weighted by Crippen LogP contribution is -2.26. The number of benzene rings is 1. The van der Waals surface area contributed by atoms with Crippen LogP contribution in [0.2, 0.25) is 0 Å². The summed E-state index contributed by atoms with van der Waals surface area (Å²) in [6.07, 6.45) is 0. The Morgan fingerprint density at radius 3 is 2.33 bits per heavy atom. The summed E-state index contributed by atoms with van der Waals surface area (Å²) in [5.41, 5.74) is 1.63. The summed E-state index contributed by atoms with van der Waals surface area (Å²) in [4.78, 5) is 13.5. The Kier molecular flexibility index (Phi) is 4.40. The lowest BCUT2D eigenvalue weighted by molar-refractivity contribution is 0.0802. The maximum absolute atomic E-state index is 12.0. The molecule has 0 aromatic heterocycles. The SMILES string of the molecule is CCN(C)C(=O)c1cc(C)c(C)c(S(=O)(=O)Cl)c1. The fraction of sp³-hybridized carbons (Fsp3) is 0.417. The van der Waals surface area contributed by atoms with E-state index in [4.69, 9.17) is 10.7 Å². The van der Waals surface area contributed by atoms with Gasteiger partial charge in [0.2, 0.25) is 0 Å². The van der Waals surface area contributed by atoms with Crippen molar-refractivity contribution >= 4 is 25.6 Å². The average Bonchev–Trinajstić information content (AvgIpc) is 2.28. The highest BCUT2D eigenvalue weighted by Gasteiger charge is 2.19. The molecule has 4 nitrogen and oxygen atoms in total. The van der Waals surface area contributed by atoms with Crippen LogP contribution in [0.15, 0.2) is 17.0 Å². The first-order valence-electron chi connectivity index (χ1n) is 5.49. The predicted octanol–water partition coefficient (Wildman–Crippen LogP) is 2.32. The first-order chi connectivity index (χ1) is 8.18. The zero-order valence-corrected chi connectivity index (χ0v) is 12.4. The van der Waals surface area contributed by atoms with Crippen molar-refractivity contribution in [1.82, 2.24) is 4.90 Å². The molecular weight excluding hydrogens is 274 g/mol. The van der Waals surface area contributed by atoms with Gasteiger partial charge in [0.25, 0.3) is 15.0 Å². The molecule has 100 valence electrons. The Bertz CT molecular complexity index is 581. The topological polar surface area (TPSA) is 54.5 Å². The molecule has 0 atom stereocenters. The van der Waals surface area contributed by atoms with Crippen molar-refractivity contribution < 1.29 is 13.2 Å². The lowest BCUT2D eigenvalue weighted by Gasteiger charge is -2.16. The average molecular weight is 290 g/mol. The van der Waals surface area contributed by atoms with Gasteiger partial charge in [-0.2, -0.15) is 0 Å². The maximum Gasteiger partial charge on any atom is 0.261 e. The fourth-order valence-corrected chi connectivity index (χ4v) is 2.84. The molecule has 0 heterocycles. The van der Waals surface area contributed by atoms with Gasteiger partial charge in [-0.1, -0.05) is 0 Å². The van der Waals surface area contributed by atoms with Crippen LogP contribution in [0.1, 0.15) is 28.4 Å². The number of rotatable bonds is 3. The van der Waals surface area contributed by atoms with Gasteiger partial charge >= 0.3 is 0 Å². The third-order valence-corrected chi connectivity index (χ3v) is 4.40. The third-order valence-electron chi connectivity index (χ3n) is 2.95. The van der Waals surface area contributed by atoms with Crippen LogP contribution in [0.3, 0.4) is 0 Å². The second kappa shape index (κ2) is 5.28. The number of carbonyl (C=O) groups is 1. The monoisotopic (exact) mass is 289 g/mol. The summed E-state index contributed by atoms with van der Waals surface area (Å²) >= 11 is 0. The van der Waals surface area contributed by atoms with Crippen molar-refractivity contribution in [3.8, 4) is 0 Å². The van der Waals surface area contributed by atoms with Crippen LogP contribution < -0.4 is 0 Å². The standard InChI is InChI=1S/C12H16ClNO3S/c1-5-14(4)12(15)10-6-8(2)9(3)11(7-10)18(13,16)17/h6-7H,5H2,1-4H3. The molecule has 0 radical (unpaired) electrons. The molecule has 1 amide bonds. The van der Waals surface area contributed by atoms with Gasteiger partial charge in [-0.15, -0.1) is 0 Å². The summed E-state index contributed by atoms with van der Waals surface area (Å²) in [6, 6.07) is 3.01.